The average Bonchev–Trinajstić information content (AvgIpc) is 1.90. The van der Waals surface area contributed by atoms with Crippen LogP contribution >= 0.6 is 0 Å². The van der Waals surface area contributed by atoms with E-state index in [0.717, 1.165) is 6.42 Å². The maximum Gasteiger partial charge on any atom is 0.0905 e. The van der Waals surface area contributed by atoms with Crippen LogP contribution < -0.4 is 0 Å². The third kappa shape index (κ3) is 1.43. The van der Waals surface area contributed by atoms with Gasteiger partial charge in [-0.25, -0.2) is 9.78 Å². The number of hydrogen-bond acceptors (Lipinski definition) is 3. The predicted molar refractivity (Wildman–Crippen MR) is 26.8 cm³/mol. The van der Waals surface area contributed by atoms with Gasteiger partial charge in [-0.05, 0) is 6.42 Å². The molecule has 1 rings (SSSR count). The summed E-state index contributed by atoms with van der Waals surface area (Å²) in [6, 6.07) is 0. The maximum atomic E-state index is 4.55. The fourth-order valence-electron chi connectivity index (χ4n) is 0.566. The quantitative estimate of drug-likeness (QED) is 0.479. The minimum Gasteiger partial charge on any atom is -0.206 e. The van der Waals surface area contributed by atoms with Crippen LogP contribution in [0.1, 0.15) is 13.3 Å². The van der Waals surface area contributed by atoms with Crippen molar-refractivity contribution < 1.29 is 14.8 Å². The lowest BCUT2D eigenvalue weighted by molar-refractivity contribution is -0.540. The summed E-state index contributed by atoms with van der Waals surface area (Å²) < 4.78 is 0. The van der Waals surface area contributed by atoms with Crippen molar-refractivity contribution in [1.82, 2.24) is 0 Å². The first-order valence-corrected chi connectivity index (χ1v) is 2.84. The second kappa shape index (κ2) is 3.02. The highest BCUT2D eigenvalue weighted by Crippen LogP contribution is 2.08. The second-order valence-electron chi connectivity index (χ2n) is 1.91. The minimum atomic E-state index is 0.517. The van der Waals surface area contributed by atoms with E-state index < -0.39 is 0 Å². The first-order chi connectivity index (χ1) is 3.93. The summed E-state index contributed by atoms with van der Waals surface area (Å²) in [4.78, 5) is 9.10. The number of rotatable bonds is 1. The summed E-state index contributed by atoms with van der Waals surface area (Å²) in [6.45, 7) is 3.43. The highest BCUT2D eigenvalue weighted by atomic mass is 17.5. The van der Waals surface area contributed by atoms with Crippen molar-refractivity contribution in [3.63, 3.8) is 0 Å². The zero-order chi connectivity index (χ0) is 5.82. The van der Waals surface area contributed by atoms with Gasteiger partial charge in [-0.15, -0.1) is 0 Å². The first kappa shape index (κ1) is 6.01. The van der Waals surface area contributed by atoms with Gasteiger partial charge in [-0.3, -0.25) is 0 Å². The molecular weight excluding hydrogens is 108 g/mol. The second-order valence-corrected chi connectivity index (χ2v) is 1.91. The van der Waals surface area contributed by atoms with Crippen LogP contribution in [0.15, 0.2) is 0 Å². The third-order valence-electron chi connectivity index (χ3n) is 1.28. The van der Waals surface area contributed by atoms with Gasteiger partial charge in [0.2, 0.25) is 0 Å². The van der Waals surface area contributed by atoms with Gasteiger partial charge in [-0.2, -0.15) is 0 Å². The lowest BCUT2D eigenvalue weighted by atomic mass is 10.1. The molecule has 0 aliphatic carbocycles. The average molecular weight is 118 g/mol. The molecule has 0 amide bonds. The molecule has 48 valence electrons. The van der Waals surface area contributed by atoms with E-state index in [2.05, 4.69) is 21.7 Å². The van der Waals surface area contributed by atoms with E-state index in [9.17, 15) is 0 Å². The monoisotopic (exact) mass is 118 g/mol. The van der Waals surface area contributed by atoms with Crippen LogP contribution in [0.4, 0.5) is 0 Å². The third-order valence-corrected chi connectivity index (χ3v) is 1.28. The van der Waals surface area contributed by atoms with Crippen molar-refractivity contribution in [2.24, 2.45) is 5.92 Å². The van der Waals surface area contributed by atoms with Crippen molar-refractivity contribution in [2.45, 2.75) is 13.3 Å². The van der Waals surface area contributed by atoms with Gasteiger partial charge in [0.1, 0.15) is 0 Å². The Hall–Kier alpha value is -0.120. The van der Waals surface area contributed by atoms with Crippen LogP contribution in [-0.2, 0) is 14.8 Å². The van der Waals surface area contributed by atoms with Gasteiger partial charge in [0.15, 0.2) is 0 Å². The van der Waals surface area contributed by atoms with Crippen molar-refractivity contribution in [1.29, 1.82) is 0 Å². The van der Waals surface area contributed by atoms with Crippen LogP contribution in [0.25, 0.3) is 0 Å². The molecule has 0 atom stereocenters. The summed E-state index contributed by atoms with van der Waals surface area (Å²) in [7, 11) is 0. The molecule has 1 fully saturated rings. The minimum absolute atomic E-state index is 0.517. The van der Waals surface area contributed by atoms with Crippen LogP contribution in [0.2, 0.25) is 0 Å². The molecule has 0 radical (unpaired) electrons. The SMILES string of the molecule is CCC1COOOC1. The maximum absolute atomic E-state index is 4.55. The fraction of sp³-hybridized carbons (Fsp3) is 1.00. The molecule has 0 aromatic heterocycles. The smallest absolute Gasteiger partial charge is 0.0905 e. The van der Waals surface area contributed by atoms with Crippen LogP contribution in [0.5, 0.6) is 0 Å². The summed E-state index contributed by atoms with van der Waals surface area (Å²) in [5.74, 6) is 0.517. The van der Waals surface area contributed by atoms with E-state index in [-0.39, 0.29) is 0 Å². The van der Waals surface area contributed by atoms with Crippen LogP contribution in [0.3, 0.4) is 0 Å². The Morgan fingerprint density at radius 2 is 2.00 bits per heavy atom. The molecule has 3 nitrogen and oxygen atoms in total. The molecule has 0 N–H and O–H groups in total. The molecule has 0 saturated carbocycles. The predicted octanol–water partition coefficient (Wildman–Crippen LogP) is 0.906. The van der Waals surface area contributed by atoms with Gasteiger partial charge < -0.3 is 0 Å². The molecule has 3 heteroatoms. The standard InChI is InChI=1S/C5H10O3/c1-2-5-3-6-8-7-4-5/h5H,2-4H2,1H3. The molecule has 0 unspecified atom stereocenters. The molecule has 8 heavy (non-hydrogen) atoms. The highest BCUT2D eigenvalue weighted by molar-refractivity contribution is 4.52. The molecular formula is C5H10O3. The fourth-order valence-corrected chi connectivity index (χ4v) is 0.566. The summed E-state index contributed by atoms with van der Waals surface area (Å²) in [5, 5.41) is 4.20. The first-order valence-electron chi connectivity index (χ1n) is 2.84. The summed E-state index contributed by atoms with van der Waals surface area (Å²) >= 11 is 0. The van der Waals surface area contributed by atoms with Crippen LogP contribution in [-0.4, -0.2) is 13.2 Å². The number of hydrogen-bond donors (Lipinski definition) is 0. The van der Waals surface area contributed by atoms with Gasteiger partial charge in [0, 0.05) is 5.92 Å². The van der Waals surface area contributed by atoms with E-state index in [4.69, 9.17) is 0 Å². The van der Waals surface area contributed by atoms with E-state index in [0.29, 0.717) is 19.1 Å². The van der Waals surface area contributed by atoms with Gasteiger partial charge in [0.05, 0.1) is 13.2 Å². The zero-order valence-electron chi connectivity index (χ0n) is 4.92. The molecule has 0 spiro atoms. The topological polar surface area (TPSA) is 27.7 Å². The highest BCUT2D eigenvalue weighted by Gasteiger charge is 2.12. The molecule has 1 aliphatic heterocycles. The summed E-state index contributed by atoms with van der Waals surface area (Å²) in [6.07, 6.45) is 1.09. The molecule has 1 heterocycles. The summed E-state index contributed by atoms with van der Waals surface area (Å²) in [5.41, 5.74) is 0. The Bertz CT molecular complexity index is 58.7. The Balaban J connectivity index is 2.13. The lowest BCUT2D eigenvalue weighted by Crippen LogP contribution is -2.21. The molecule has 1 saturated heterocycles. The van der Waals surface area contributed by atoms with Crippen molar-refractivity contribution in [2.75, 3.05) is 13.2 Å². The molecule has 0 aromatic carbocycles. The molecule has 1 aliphatic rings. The van der Waals surface area contributed by atoms with Gasteiger partial charge >= 0.3 is 0 Å². The normalized spacial score (nSPS) is 23.6. The van der Waals surface area contributed by atoms with E-state index in [1.807, 2.05) is 0 Å². The largest absolute Gasteiger partial charge is 0.206 e. The van der Waals surface area contributed by atoms with E-state index >= 15 is 0 Å². The Kier molecular flexibility index (Phi) is 2.27. The van der Waals surface area contributed by atoms with Crippen molar-refractivity contribution >= 4 is 0 Å². The lowest BCUT2D eigenvalue weighted by Gasteiger charge is -2.17. The molecule has 0 bridgehead atoms. The van der Waals surface area contributed by atoms with Crippen LogP contribution in [0, 0.1) is 5.92 Å². The van der Waals surface area contributed by atoms with E-state index in [1.54, 1.807) is 0 Å². The Morgan fingerprint density at radius 1 is 1.38 bits per heavy atom. The Morgan fingerprint density at radius 3 is 2.38 bits per heavy atom. The van der Waals surface area contributed by atoms with E-state index in [1.165, 1.54) is 0 Å². The zero-order valence-corrected chi connectivity index (χ0v) is 4.92. The van der Waals surface area contributed by atoms with Gasteiger partial charge in [-0.1, -0.05) is 12.0 Å². The molecule has 0 aromatic rings. The van der Waals surface area contributed by atoms with Crippen molar-refractivity contribution in [3.8, 4) is 0 Å². The Labute approximate surface area is 48.4 Å². The van der Waals surface area contributed by atoms with Crippen molar-refractivity contribution in [3.05, 3.63) is 0 Å². The van der Waals surface area contributed by atoms with Gasteiger partial charge in [0.25, 0.3) is 0 Å².